The maximum absolute atomic E-state index is 5.40. The highest BCUT2D eigenvalue weighted by molar-refractivity contribution is 7.99. The minimum Gasteiger partial charge on any atom is -0.379 e. The number of rotatable bonds is 7. The standard InChI is InChI=1S/C20H33N5OS/c1-2-21-20(22-7-8-24-9-13-26-14-10-24)23-17-18-3-5-19(6-4-18)25-11-15-27-16-12-25/h3-6H,2,7-17H2,1H3,(H2,21,22,23). The van der Waals surface area contributed by atoms with E-state index in [9.17, 15) is 0 Å². The maximum atomic E-state index is 5.40. The molecule has 0 saturated carbocycles. The van der Waals surface area contributed by atoms with Gasteiger partial charge in [0.1, 0.15) is 0 Å². The minimum absolute atomic E-state index is 0.697. The zero-order valence-electron chi connectivity index (χ0n) is 16.5. The van der Waals surface area contributed by atoms with Crippen LogP contribution in [0.1, 0.15) is 12.5 Å². The number of ether oxygens (including phenoxy) is 1. The highest BCUT2D eigenvalue weighted by atomic mass is 32.2. The van der Waals surface area contributed by atoms with Crippen LogP contribution < -0.4 is 15.5 Å². The lowest BCUT2D eigenvalue weighted by Gasteiger charge is -2.28. The largest absolute Gasteiger partial charge is 0.379 e. The van der Waals surface area contributed by atoms with Gasteiger partial charge in [-0.15, -0.1) is 0 Å². The summed E-state index contributed by atoms with van der Waals surface area (Å²) < 4.78 is 5.40. The van der Waals surface area contributed by atoms with Crippen LogP contribution in [0.2, 0.25) is 0 Å². The molecule has 0 radical (unpaired) electrons. The molecule has 1 aromatic carbocycles. The van der Waals surface area contributed by atoms with E-state index in [1.54, 1.807) is 0 Å². The molecular formula is C20H33N5OS. The first-order valence-corrected chi connectivity index (χ1v) is 11.2. The van der Waals surface area contributed by atoms with Gasteiger partial charge in [-0.05, 0) is 24.6 Å². The van der Waals surface area contributed by atoms with Crippen molar-refractivity contribution in [2.24, 2.45) is 4.99 Å². The van der Waals surface area contributed by atoms with Crippen molar-refractivity contribution in [2.75, 3.05) is 75.4 Å². The molecule has 27 heavy (non-hydrogen) atoms. The summed E-state index contributed by atoms with van der Waals surface area (Å²) in [6.45, 7) is 11.6. The molecule has 1 aromatic rings. The zero-order valence-corrected chi connectivity index (χ0v) is 17.3. The molecule has 2 aliphatic rings. The van der Waals surface area contributed by atoms with E-state index in [2.05, 4.69) is 51.6 Å². The molecule has 0 aliphatic carbocycles. The van der Waals surface area contributed by atoms with Crippen molar-refractivity contribution in [3.8, 4) is 0 Å². The second-order valence-electron chi connectivity index (χ2n) is 6.84. The fraction of sp³-hybridized carbons (Fsp3) is 0.650. The van der Waals surface area contributed by atoms with Crippen LogP contribution in [-0.2, 0) is 11.3 Å². The average Bonchev–Trinajstić information content (AvgIpc) is 2.74. The second kappa shape index (κ2) is 11.4. The SMILES string of the molecule is CCNC(=NCc1ccc(N2CCSCC2)cc1)NCCN1CCOCC1. The number of anilines is 1. The summed E-state index contributed by atoms with van der Waals surface area (Å²) in [5, 5.41) is 6.79. The Hall–Kier alpha value is -1.44. The summed E-state index contributed by atoms with van der Waals surface area (Å²) in [5.74, 6) is 3.35. The van der Waals surface area contributed by atoms with Gasteiger partial charge in [0.2, 0.25) is 0 Å². The Morgan fingerprint density at radius 3 is 2.52 bits per heavy atom. The molecule has 150 valence electrons. The molecule has 0 atom stereocenters. The van der Waals surface area contributed by atoms with E-state index in [4.69, 9.17) is 9.73 Å². The number of aliphatic imine (C=N–C) groups is 1. The fourth-order valence-corrected chi connectivity index (χ4v) is 4.21. The van der Waals surface area contributed by atoms with E-state index in [0.29, 0.717) is 6.54 Å². The summed E-state index contributed by atoms with van der Waals surface area (Å²) in [6, 6.07) is 8.88. The smallest absolute Gasteiger partial charge is 0.191 e. The summed E-state index contributed by atoms with van der Waals surface area (Å²) in [7, 11) is 0. The van der Waals surface area contributed by atoms with Crippen LogP contribution in [0.3, 0.4) is 0 Å². The van der Waals surface area contributed by atoms with E-state index in [0.717, 1.165) is 65.0 Å². The van der Waals surface area contributed by atoms with Crippen molar-refractivity contribution in [1.82, 2.24) is 15.5 Å². The normalized spacial score (nSPS) is 19.1. The van der Waals surface area contributed by atoms with Crippen LogP contribution in [0.5, 0.6) is 0 Å². The predicted molar refractivity (Wildman–Crippen MR) is 116 cm³/mol. The van der Waals surface area contributed by atoms with E-state index in [-0.39, 0.29) is 0 Å². The minimum atomic E-state index is 0.697. The molecule has 0 aromatic heterocycles. The molecule has 0 amide bonds. The van der Waals surface area contributed by atoms with Gasteiger partial charge in [-0.3, -0.25) is 4.90 Å². The molecule has 2 fully saturated rings. The lowest BCUT2D eigenvalue weighted by atomic mass is 10.2. The first kappa shape index (κ1) is 20.3. The Balaban J connectivity index is 1.46. The summed E-state index contributed by atoms with van der Waals surface area (Å²) in [6.07, 6.45) is 0. The quantitative estimate of drug-likeness (QED) is 0.544. The number of nitrogens with one attached hydrogen (secondary N) is 2. The van der Waals surface area contributed by atoms with Crippen LogP contribution in [0.25, 0.3) is 0 Å². The van der Waals surface area contributed by atoms with Gasteiger partial charge in [0.25, 0.3) is 0 Å². The molecule has 2 aliphatic heterocycles. The van der Waals surface area contributed by atoms with Crippen molar-refractivity contribution >= 4 is 23.4 Å². The lowest BCUT2D eigenvalue weighted by Crippen LogP contribution is -2.44. The molecule has 0 bridgehead atoms. The highest BCUT2D eigenvalue weighted by Crippen LogP contribution is 2.20. The first-order valence-electron chi connectivity index (χ1n) is 10.1. The molecule has 0 unspecified atom stereocenters. The van der Waals surface area contributed by atoms with Crippen LogP contribution in [0, 0.1) is 0 Å². The van der Waals surface area contributed by atoms with Crippen LogP contribution in [-0.4, -0.2) is 81.4 Å². The topological polar surface area (TPSA) is 52.1 Å². The molecule has 6 nitrogen and oxygen atoms in total. The number of nitrogens with zero attached hydrogens (tertiary/aromatic N) is 3. The maximum Gasteiger partial charge on any atom is 0.191 e. The monoisotopic (exact) mass is 391 g/mol. The lowest BCUT2D eigenvalue weighted by molar-refractivity contribution is 0.0389. The van der Waals surface area contributed by atoms with Crippen LogP contribution in [0.4, 0.5) is 5.69 Å². The van der Waals surface area contributed by atoms with E-state index in [1.807, 2.05) is 11.8 Å². The third kappa shape index (κ3) is 6.90. The number of hydrogen-bond acceptors (Lipinski definition) is 5. The molecule has 7 heteroatoms. The molecule has 2 saturated heterocycles. The van der Waals surface area contributed by atoms with Gasteiger partial charge in [0.15, 0.2) is 5.96 Å². The number of thioether (sulfide) groups is 1. The van der Waals surface area contributed by atoms with Gasteiger partial charge in [-0.25, -0.2) is 4.99 Å². The van der Waals surface area contributed by atoms with Gasteiger partial charge in [-0.1, -0.05) is 12.1 Å². The van der Waals surface area contributed by atoms with Gasteiger partial charge in [0.05, 0.1) is 19.8 Å². The van der Waals surface area contributed by atoms with E-state index < -0.39 is 0 Å². The van der Waals surface area contributed by atoms with Gasteiger partial charge in [-0.2, -0.15) is 11.8 Å². The van der Waals surface area contributed by atoms with Crippen molar-refractivity contribution < 1.29 is 4.74 Å². The molecule has 2 N–H and O–H groups in total. The number of benzene rings is 1. The molecule has 3 rings (SSSR count). The zero-order chi connectivity index (χ0) is 18.7. The Morgan fingerprint density at radius 1 is 1.07 bits per heavy atom. The van der Waals surface area contributed by atoms with Crippen LogP contribution >= 0.6 is 11.8 Å². The van der Waals surface area contributed by atoms with E-state index in [1.165, 1.54) is 22.8 Å². The number of guanidine groups is 1. The predicted octanol–water partition coefficient (Wildman–Crippen LogP) is 1.63. The average molecular weight is 392 g/mol. The number of hydrogen-bond donors (Lipinski definition) is 2. The molecular weight excluding hydrogens is 358 g/mol. The molecule has 2 heterocycles. The Bertz CT molecular complexity index is 568. The van der Waals surface area contributed by atoms with Crippen molar-refractivity contribution in [1.29, 1.82) is 0 Å². The summed E-state index contributed by atoms with van der Waals surface area (Å²) in [4.78, 5) is 9.64. The van der Waals surface area contributed by atoms with Crippen molar-refractivity contribution in [2.45, 2.75) is 13.5 Å². The number of morpholine rings is 1. The van der Waals surface area contributed by atoms with Crippen LogP contribution in [0.15, 0.2) is 29.3 Å². The van der Waals surface area contributed by atoms with Crippen molar-refractivity contribution in [3.05, 3.63) is 29.8 Å². The van der Waals surface area contributed by atoms with E-state index >= 15 is 0 Å². The third-order valence-electron chi connectivity index (χ3n) is 4.90. The Kier molecular flexibility index (Phi) is 8.58. The van der Waals surface area contributed by atoms with Crippen molar-refractivity contribution in [3.63, 3.8) is 0 Å². The first-order chi connectivity index (χ1) is 13.3. The highest BCUT2D eigenvalue weighted by Gasteiger charge is 2.11. The summed E-state index contributed by atoms with van der Waals surface area (Å²) >= 11 is 2.05. The second-order valence-corrected chi connectivity index (χ2v) is 8.07. The Morgan fingerprint density at radius 2 is 1.81 bits per heavy atom. The fourth-order valence-electron chi connectivity index (χ4n) is 3.30. The third-order valence-corrected chi connectivity index (χ3v) is 5.84. The summed E-state index contributed by atoms with van der Waals surface area (Å²) in [5.41, 5.74) is 2.58. The van der Waals surface area contributed by atoms with Gasteiger partial charge in [0, 0.05) is 63.0 Å². The molecule has 0 spiro atoms. The van der Waals surface area contributed by atoms with Gasteiger partial charge >= 0.3 is 0 Å². The van der Waals surface area contributed by atoms with Gasteiger partial charge < -0.3 is 20.3 Å². The Labute approximate surface area is 167 Å².